The minimum atomic E-state index is -0.503. The Morgan fingerprint density at radius 3 is 2.67 bits per heavy atom. The number of amides is 2. The molecule has 1 atom stereocenters. The zero-order valence-electron chi connectivity index (χ0n) is 15.7. The molecule has 2 amide bonds. The van der Waals surface area contributed by atoms with Gasteiger partial charge >= 0.3 is 6.09 Å². The largest absolute Gasteiger partial charge is 0.445 e. The van der Waals surface area contributed by atoms with Crippen molar-refractivity contribution in [3.63, 3.8) is 0 Å². The summed E-state index contributed by atoms with van der Waals surface area (Å²) >= 11 is 0. The Morgan fingerprint density at radius 1 is 1.15 bits per heavy atom. The third kappa shape index (κ3) is 4.78. The number of ether oxygens (including phenoxy) is 1. The smallest absolute Gasteiger partial charge is 0.410 e. The van der Waals surface area contributed by atoms with Crippen molar-refractivity contribution in [1.82, 2.24) is 4.90 Å². The number of hydrogen-bond donors (Lipinski definition) is 1. The average Bonchev–Trinajstić information content (AvgIpc) is 3.17. The van der Waals surface area contributed by atoms with Gasteiger partial charge in [-0.05, 0) is 36.6 Å². The number of carbonyl (C=O) groups excluding carboxylic acids is 2. The fourth-order valence-electron chi connectivity index (χ4n) is 3.15. The van der Waals surface area contributed by atoms with Crippen LogP contribution < -0.4 is 10.2 Å². The normalized spacial score (nSPS) is 16.1. The third-order valence-electron chi connectivity index (χ3n) is 4.63. The summed E-state index contributed by atoms with van der Waals surface area (Å²) in [7, 11) is 3.89. The number of carbonyl (C=O) groups is 2. The van der Waals surface area contributed by atoms with Crippen LogP contribution in [-0.2, 0) is 16.1 Å². The van der Waals surface area contributed by atoms with Crippen molar-refractivity contribution in [3.05, 3.63) is 60.2 Å². The third-order valence-corrected chi connectivity index (χ3v) is 4.63. The van der Waals surface area contributed by atoms with Gasteiger partial charge in [-0.25, -0.2) is 4.79 Å². The van der Waals surface area contributed by atoms with Gasteiger partial charge in [0, 0.05) is 32.0 Å². The summed E-state index contributed by atoms with van der Waals surface area (Å²) in [5.74, 6) is -0.180. The second-order valence-corrected chi connectivity index (χ2v) is 6.83. The molecule has 27 heavy (non-hydrogen) atoms. The molecule has 0 radical (unpaired) electrons. The van der Waals surface area contributed by atoms with Crippen LogP contribution in [0.4, 0.5) is 16.2 Å². The molecule has 0 aliphatic carbocycles. The van der Waals surface area contributed by atoms with Crippen LogP contribution in [0.2, 0.25) is 0 Å². The lowest BCUT2D eigenvalue weighted by Gasteiger charge is -2.23. The molecule has 2 aromatic rings. The summed E-state index contributed by atoms with van der Waals surface area (Å²) < 4.78 is 5.39. The summed E-state index contributed by atoms with van der Waals surface area (Å²) in [5.41, 5.74) is 2.64. The molecule has 1 unspecified atom stereocenters. The van der Waals surface area contributed by atoms with Gasteiger partial charge in [-0.1, -0.05) is 36.4 Å². The summed E-state index contributed by atoms with van der Waals surface area (Å²) in [6.45, 7) is 0.735. The van der Waals surface area contributed by atoms with Crippen molar-refractivity contribution in [2.24, 2.45) is 0 Å². The number of likely N-dealkylation sites (tertiary alicyclic amines) is 1. The van der Waals surface area contributed by atoms with Gasteiger partial charge in [0.25, 0.3) is 0 Å². The molecule has 1 fully saturated rings. The highest BCUT2D eigenvalue weighted by Crippen LogP contribution is 2.22. The van der Waals surface area contributed by atoms with Gasteiger partial charge in [0.05, 0.1) is 0 Å². The number of benzene rings is 2. The molecule has 1 aliphatic heterocycles. The van der Waals surface area contributed by atoms with E-state index in [0.717, 1.165) is 23.4 Å². The molecule has 0 bridgehead atoms. The van der Waals surface area contributed by atoms with Crippen LogP contribution in [0.5, 0.6) is 0 Å². The summed E-state index contributed by atoms with van der Waals surface area (Å²) in [5, 5.41) is 2.92. The molecule has 1 heterocycles. The second kappa shape index (κ2) is 8.58. The number of anilines is 2. The van der Waals surface area contributed by atoms with E-state index in [9.17, 15) is 9.59 Å². The van der Waals surface area contributed by atoms with E-state index in [2.05, 4.69) is 5.32 Å². The number of nitrogens with one attached hydrogen (secondary N) is 1. The van der Waals surface area contributed by atoms with Gasteiger partial charge in [0.15, 0.2) is 0 Å². The lowest BCUT2D eigenvalue weighted by molar-refractivity contribution is -0.120. The van der Waals surface area contributed by atoms with Gasteiger partial charge in [0.2, 0.25) is 5.91 Å². The van der Waals surface area contributed by atoms with Crippen molar-refractivity contribution in [2.45, 2.75) is 25.5 Å². The zero-order valence-corrected chi connectivity index (χ0v) is 15.7. The highest BCUT2D eigenvalue weighted by Gasteiger charge is 2.35. The SMILES string of the molecule is CN(C)c1cccc(NC(=O)C2CCCN2C(=O)OCc2ccccc2)c1. The Labute approximate surface area is 159 Å². The first-order valence-corrected chi connectivity index (χ1v) is 9.10. The fraction of sp³-hybridized carbons (Fsp3) is 0.333. The van der Waals surface area contributed by atoms with Crippen LogP contribution in [0.1, 0.15) is 18.4 Å². The Hall–Kier alpha value is -3.02. The number of rotatable bonds is 5. The van der Waals surface area contributed by atoms with Crippen LogP contribution in [-0.4, -0.2) is 43.6 Å². The van der Waals surface area contributed by atoms with E-state index in [1.54, 1.807) is 0 Å². The van der Waals surface area contributed by atoms with Crippen LogP contribution in [0.15, 0.2) is 54.6 Å². The molecule has 1 saturated heterocycles. The van der Waals surface area contributed by atoms with Crippen LogP contribution in [0.25, 0.3) is 0 Å². The molecule has 0 aromatic heterocycles. The van der Waals surface area contributed by atoms with Gasteiger partial charge < -0.3 is 15.0 Å². The zero-order chi connectivity index (χ0) is 19.2. The summed E-state index contributed by atoms with van der Waals surface area (Å²) in [4.78, 5) is 28.6. The first-order valence-electron chi connectivity index (χ1n) is 9.10. The molecule has 0 saturated carbocycles. The van der Waals surface area contributed by atoms with E-state index in [-0.39, 0.29) is 12.5 Å². The Bertz CT molecular complexity index is 792. The molecule has 1 aliphatic rings. The maximum Gasteiger partial charge on any atom is 0.410 e. The average molecular weight is 367 g/mol. The lowest BCUT2D eigenvalue weighted by Crippen LogP contribution is -2.43. The molecular formula is C21H25N3O3. The first-order chi connectivity index (χ1) is 13.0. The standard InChI is InChI=1S/C21H25N3O3/c1-23(2)18-11-6-10-17(14-18)22-20(25)19-12-7-13-24(19)21(26)27-15-16-8-4-3-5-9-16/h3-6,8-11,14,19H,7,12-13,15H2,1-2H3,(H,22,25). The van der Waals surface area contributed by atoms with E-state index in [0.29, 0.717) is 13.0 Å². The van der Waals surface area contributed by atoms with Gasteiger partial charge in [-0.3, -0.25) is 9.69 Å². The topological polar surface area (TPSA) is 61.9 Å². The fourth-order valence-corrected chi connectivity index (χ4v) is 3.15. The van der Waals surface area contributed by atoms with Crippen molar-refractivity contribution in [3.8, 4) is 0 Å². The molecule has 3 rings (SSSR count). The van der Waals surface area contributed by atoms with Gasteiger partial charge in [-0.2, -0.15) is 0 Å². The van der Waals surface area contributed by atoms with E-state index in [1.165, 1.54) is 4.90 Å². The Balaban J connectivity index is 1.60. The van der Waals surface area contributed by atoms with Crippen molar-refractivity contribution >= 4 is 23.4 Å². The molecule has 142 valence electrons. The minimum absolute atomic E-state index is 0.180. The molecule has 1 N–H and O–H groups in total. The van der Waals surface area contributed by atoms with Crippen LogP contribution in [0, 0.1) is 0 Å². The van der Waals surface area contributed by atoms with E-state index in [1.807, 2.05) is 73.6 Å². The Morgan fingerprint density at radius 2 is 1.93 bits per heavy atom. The first kappa shape index (κ1) is 18.8. The van der Waals surface area contributed by atoms with Gasteiger partial charge in [-0.15, -0.1) is 0 Å². The molecule has 0 spiro atoms. The van der Waals surface area contributed by atoms with Crippen molar-refractivity contribution < 1.29 is 14.3 Å². The van der Waals surface area contributed by atoms with E-state index in [4.69, 9.17) is 4.74 Å². The highest BCUT2D eigenvalue weighted by molar-refractivity contribution is 5.97. The molecule has 6 heteroatoms. The highest BCUT2D eigenvalue weighted by atomic mass is 16.6. The van der Waals surface area contributed by atoms with Crippen molar-refractivity contribution in [1.29, 1.82) is 0 Å². The Kier molecular flexibility index (Phi) is 5.96. The van der Waals surface area contributed by atoms with Gasteiger partial charge in [0.1, 0.15) is 12.6 Å². The quantitative estimate of drug-likeness (QED) is 0.879. The number of hydrogen-bond acceptors (Lipinski definition) is 4. The maximum absolute atomic E-state index is 12.7. The van der Waals surface area contributed by atoms with Crippen LogP contribution >= 0.6 is 0 Å². The summed E-state index contributed by atoms with van der Waals surface area (Å²) in [6, 6.07) is 16.6. The lowest BCUT2D eigenvalue weighted by atomic mass is 10.2. The predicted molar refractivity (Wildman–Crippen MR) is 106 cm³/mol. The monoisotopic (exact) mass is 367 g/mol. The number of nitrogens with zero attached hydrogens (tertiary/aromatic N) is 2. The predicted octanol–water partition coefficient (Wildman–Crippen LogP) is 3.49. The summed E-state index contributed by atoms with van der Waals surface area (Å²) in [6.07, 6.45) is 0.981. The molecular weight excluding hydrogens is 342 g/mol. The molecule has 6 nitrogen and oxygen atoms in total. The minimum Gasteiger partial charge on any atom is -0.445 e. The second-order valence-electron chi connectivity index (χ2n) is 6.83. The maximum atomic E-state index is 12.7. The van der Waals surface area contributed by atoms with E-state index >= 15 is 0 Å². The van der Waals surface area contributed by atoms with Crippen LogP contribution in [0.3, 0.4) is 0 Å². The van der Waals surface area contributed by atoms with Crippen molar-refractivity contribution in [2.75, 3.05) is 30.9 Å². The molecule has 2 aromatic carbocycles. The van der Waals surface area contributed by atoms with E-state index < -0.39 is 12.1 Å².